The molecular weight excluding hydrogens is 535 g/mol. The summed E-state index contributed by atoms with van der Waals surface area (Å²) in [5, 5.41) is 0. The number of nitrogen functional groups attached to an aromatic ring is 1. The minimum absolute atomic E-state index is 0.377. The summed E-state index contributed by atoms with van der Waals surface area (Å²) in [7, 11) is 0. The van der Waals surface area contributed by atoms with Crippen molar-refractivity contribution >= 4 is 29.8 Å². The zero-order valence-electron chi connectivity index (χ0n) is 23.3. The van der Waals surface area contributed by atoms with Crippen molar-refractivity contribution in [3.63, 3.8) is 0 Å². The van der Waals surface area contributed by atoms with Gasteiger partial charge in [0.25, 0.3) is 0 Å². The Morgan fingerprint density at radius 2 is 1.78 bits per heavy atom. The Morgan fingerprint density at radius 3 is 2.46 bits per heavy atom. The number of nitrogens with zero attached hydrogens (tertiary/aromatic N) is 6. The third-order valence-electron chi connectivity index (χ3n) is 6.36. The van der Waals surface area contributed by atoms with Crippen LogP contribution in [0.4, 0.5) is 10.2 Å². The molecule has 0 fully saturated rings. The van der Waals surface area contributed by atoms with Crippen LogP contribution in [-0.4, -0.2) is 49.0 Å². The van der Waals surface area contributed by atoms with Crippen molar-refractivity contribution in [1.29, 1.82) is 0 Å². The number of thiol groups is 1. The summed E-state index contributed by atoms with van der Waals surface area (Å²) >= 11 is 4.13. The van der Waals surface area contributed by atoms with E-state index in [2.05, 4.69) is 63.2 Å². The molecule has 1 aromatic carbocycles. The Kier molecular flexibility index (Phi) is 10.6. The van der Waals surface area contributed by atoms with Crippen LogP contribution in [-0.2, 0) is 6.54 Å². The van der Waals surface area contributed by atoms with Gasteiger partial charge >= 0.3 is 0 Å². The quantitative estimate of drug-likeness (QED) is 0.130. The average molecular weight is 571 g/mol. The molecule has 10 heteroatoms. The van der Waals surface area contributed by atoms with E-state index in [-0.39, 0.29) is 0 Å². The number of aromatic nitrogens is 5. The van der Waals surface area contributed by atoms with Crippen LogP contribution in [0.3, 0.4) is 0 Å². The van der Waals surface area contributed by atoms with Crippen LogP contribution in [0.5, 0.6) is 0 Å². The predicted octanol–water partition coefficient (Wildman–Crippen LogP) is 6.10. The van der Waals surface area contributed by atoms with E-state index in [1.165, 1.54) is 17.8 Å². The number of pyridine rings is 3. The Hall–Kier alpha value is -4.12. The van der Waals surface area contributed by atoms with Crippen LogP contribution >= 0.6 is 12.8 Å². The summed E-state index contributed by atoms with van der Waals surface area (Å²) in [5.74, 6) is 0.610. The highest BCUT2D eigenvalue weighted by atomic mass is 32.1. The van der Waals surface area contributed by atoms with Gasteiger partial charge in [-0.05, 0) is 60.5 Å². The number of nitrogens with two attached hydrogens (primary N) is 1. The fourth-order valence-electron chi connectivity index (χ4n) is 4.42. The number of benzene rings is 1. The van der Waals surface area contributed by atoms with Gasteiger partial charge < -0.3 is 5.73 Å². The number of rotatable bonds is 11. The van der Waals surface area contributed by atoms with Gasteiger partial charge in [0.15, 0.2) is 11.5 Å². The molecule has 0 atom stereocenters. The van der Waals surface area contributed by atoms with E-state index in [0.717, 1.165) is 38.3 Å². The van der Waals surface area contributed by atoms with Crippen molar-refractivity contribution in [1.82, 2.24) is 34.1 Å². The first-order valence-electron chi connectivity index (χ1n) is 13.6. The first-order chi connectivity index (χ1) is 20.1. The predicted molar refractivity (Wildman–Crippen MR) is 168 cm³/mol. The highest BCUT2D eigenvalue weighted by Gasteiger charge is 2.19. The van der Waals surface area contributed by atoms with Crippen molar-refractivity contribution in [2.45, 2.75) is 26.8 Å². The lowest BCUT2D eigenvalue weighted by Crippen LogP contribution is -2.30. The van der Waals surface area contributed by atoms with Crippen molar-refractivity contribution in [2.75, 3.05) is 25.4 Å². The molecule has 0 spiro atoms. The van der Waals surface area contributed by atoms with Gasteiger partial charge in [0.05, 0.1) is 23.1 Å². The van der Waals surface area contributed by atoms with Gasteiger partial charge in [-0.25, -0.2) is 19.3 Å². The molecule has 0 aliphatic heterocycles. The Bertz CT molecular complexity index is 1570. The first kappa shape index (κ1) is 29.9. The number of fused-ring (bicyclic) bond motifs is 1. The van der Waals surface area contributed by atoms with Crippen molar-refractivity contribution < 1.29 is 4.39 Å². The number of anilines is 1. The lowest BCUT2D eigenvalue weighted by molar-refractivity contribution is 0.276. The van der Waals surface area contributed by atoms with E-state index in [0.29, 0.717) is 39.8 Å². The lowest BCUT2D eigenvalue weighted by Gasteiger charge is -2.21. The molecule has 0 amide bonds. The van der Waals surface area contributed by atoms with E-state index in [1.54, 1.807) is 12.3 Å². The van der Waals surface area contributed by atoms with E-state index < -0.39 is 5.82 Å². The molecule has 0 radical (unpaired) electrons. The maximum Gasteiger partial charge on any atom is 0.165 e. The molecule has 0 unspecified atom stereocenters. The molecule has 212 valence electrons. The second-order valence-corrected chi connectivity index (χ2v) is 9.35. The van der Waals surface area contributed by atoms with Crippen LogP contribution in [0.2, 0.25) is 0 Å². The summed E-state index contributed by atoms with van der Waals surface area (Å²) < 4.78 is 18.4. The summed E-state index contributed by atoms with van der Waals surface area (Å²) in [4.78, 5) is 20.6. The van der Waals surface area contributed by atoms with Gasteiger partial charge in [0, 0.05) is 38.1 Å². The zero-order valence-corrected chi connectivity index (χ0v) is 24.2. The third-order valence-corrected chi connectivity index (χ3v) is 6.59. The molecule has 0 aliphatic rings. The Labute approximate surface area is 245 Å². The fourth-order valence-corrected chi connectivity index (χ4v) is 4.52. The van der Waals surface area contributed by atoms with Gasteiger partial charge in [-0.1, -0.05) is 44.9 Å². The van der Waals surface area contributed by atoms with E-state index in [1.807, 2.05) is 48.8 Å². The molecule has 5 aromatic rings. The zero-order chi connectivity index (χ0) is 29.2. The summed E-state index contributed by atoms with van der Waals surface area (Å²) in [6, 6.07) is 18.8. The largest absolute Gasteiger partial charge is 0.383 e. The second-order valence-electron chi connectivity index (χ2n) is 9.04. The Morgan fingerprint density at radius 1 is 1.00 bits per heavy atom. The van der Waals surface area contributed by atoms with Crippen LogP contribution in [0, 0.1) is 5.82 Å². The molecule has 0 saturated carbocycles. The normalized spacial score (nSPS) is 11.0. The fraction of sp³-hybridized carbons (Fsp3) is 0.226. The molecule has 0 aliphatic carbocycles. The molecular formula is C31H35FN8S. The van der Waals surface area contributed by atoms with Crippen LogP contribution < -0.4 is 10.5 Å². The lowest BCUT2D eigenvalue weighted by atomic mass is 10.1. The minimum atomic E-state index is -0.399. The first-order valence-corrected chi connectivity index (χ1v) is 14.0. The smallest absolute Gasteiger partial charge is 0.165 e. The maximum absolute atomic E-state index is 13.5. The van der Waals surface area contributed by atoms with E-state index >= 15 is 0 Å². The molecule has 4 aromatic heterocycles. The van der Waals surface area contributed by atoms with Gasteiger partial charge in [-0.3, -0.25) is 19.2 Å². The van der Waals surface area contributed by atoms with Crippen molar-refractivity contribution in [3.05, 3.63) is 97.1 Å². The molecule has 8 nitrogen and oxygen atoms in total. The monoisotopic (exact) mass is 570 g/mol. The number of hydrogen-bond donors (Lipinski definition) is 3. The minimum Gasteiger partial charge on any atom is -0.383 e. The standard InChI is InChI=1S/C29H29FN8S.C2H6/c1-2-3-16-37(17-15-34-39)19-20-6-9-22(10-7-20)38-28(23-5-4-14-32-27(23)31)36-26-13-12-25(35-29(26)38)24-11-8-21(30)18-33-24;1-2/h2,4-14,18,34,39H,1,3,15-17,19H2,(H2,31,32);1-2H3. The summed E-state index contributed by atoms with van der Waals surface area (Å²) in [6.07, 6.45) is 5.68. The van der Waals surface area contributed by atoms with Gasteiger partial charge in [-0.15, -0.1) is 6.58 Å². The molecule has 4 heterocycles. The molecule has 0 bridgehead atoms. The SMILES string of the molecule is C=CCCN(CCNS)Cc1ccc(-n2c(-c3cccnc3N)nc3ccc(-c4ccc(F)cn4)nc32)cc1.CC. The maximum atomic E-state index is 13.5. The Balaban J connectivity index is 0.00000189. The van der Waals surface area contributed by atoms with Crippen LogP contribution in [0.1, 0.15) is 25.8 Å². The molecule has 5 rings (SSSR count). The van der Waals surface area contributed by atoms with Gasteiger partial charge in [-0.2, -0.15) is 0 Å². The topological polar surface area (TPSA) is 97.8 Å². The molecule has 3 N–H and O–H groups in total. The number of nitrogens with one attached hydrogen (secondary N) is 1. The van der Waals surface area contributed by atoms with E-state index in [4.69, 9.17) is 15.7 Å². The number of imidazole rings is 1. The molecule has 0 saturated heterocycles. The van der Waals surface area contributed by atoms with Crippen molar-refractivity contribution in [2.24, 2.45) is 0 Å². The van der Waals surface area contributed by atoms with Gasteiger partial charge in [0.2, 0.25) is 0 Å². The third kappa shape index (κ3) is 7.15. The van der Waals surface area contributed by atoms with Crippen LogP contribution in [0.25, 0.3) is 39.6 Å². The van der Waals surface area contributed by atoms with Gasteiger partial charge in [0.1, 0.15) is 17.2 Å². The van der Waals surface area contributed by atoms with E-state index in [9.17, 15) is 4.39 Å². The molecule has 41 heavy (non-hydrogen) atoms. The number of halogens is 1. The van der Waals surface area contributed by atoms with Crippen molar-refractivity contribution in [3.8, 4) is 28.5 Å². The average Bonchev–Trinajstić information content (AvgIpc) is 3.39. The number of hydrogen-bond acceptors (Lipinski definition) is 8. The second kappa shape index (κ2) is 14.5. The summed E-state index contributed by atoms with van der Waals surface area (Å²) in [5.41, 5.74) is 11.5. The highest BCUT2D eigenvalue weighted by Crippen LogP contribution is 2.31. The highest BCUT2D eigenvalue weighted by molar-refractivity contribution is 7.78. The van der Waals surface area contributed by atoms with Crippen LogP contribution in [0.15, 0.2) is 85.7 Å². The summed E-state index contributed by atoms with van der Waals surface area (Å²) in [6.45, 7) is 11.2.